The van der Waals surface area contributed by atoms with Gasteiger partial charge >= 0.3 is 0 Å². The van der Waals surface area contributed by atoms with E-state index in [0.717, 1.165) is 32.3 Å². The fourth-order valence-electron chi connectivity index (χ4n) is 1.70. The Morgan fingerprint density at radius 1 is 1.67 bits per heavy atom. The molecule has 3 N–H and O–H groups in total. The standard InChI is InChI=1S/C11H22N2O2/c1-2-9(12)8-11(14)13-6-5-10-4-3-7-15-10/h9-10H,2-8,12H2,1H3,(H,13,14). The molecule has 0 aromatic heterocycles. The third-order valence-electron chi connectivity index (χ3n) is 2.78. The Bertz CT molecular complexity index is 191. The maximum Gasteiger partial charge on any atom is 0.221 e. The van der Waals surface area contributed by atoms with Gasteiger partial charge in [-0.1, -0.05) is 6.92 Å². The average molecular weight is 214 g/mol. The van der Waals surface area contributed by atoms with Crippen molar-refractivity contribution >= 4 is 5.91 Å². The van der Waals surface area contributed by atoms with Crippen molar-refractivity contribution in [2.24, 2.45) is 5.73 Å². The highest BCUT2D eigenvalue weighted by Crippen LogP contribution is 2.14. The van der Waals surface area contributed by atoms with Crippen LogP contribution >= 0.6 is 0 Å². The zero-order valence-electron chi connectivity index (χ0n) is 9.50. The summed E-state index contributed by atoms with van der Waals surface area (Å²) in [6.45, 7) is 3.57. The van der Waals surface area contributed by atoms with Crippen LogP contribution in [-0.4, -0.2) is 31.2 Å². The van der Waals surface area contributed by atoms with Crippen LogP contribution in [0.2, 0.25) is 0 Å². The molecule has 1 amide bonds. The van der Waals surface area contributed by atoms with Gasteiger partial charge in [-0.3, -0.25) is 4.79 Å². The van der Waals surface area contributed by atoms with Crippen LogP contribution in [0.5, 0.6) is 0 Å². The molecule has 1 saturated heterocycles. The minimum atomic E-state index is -0.00673. The van der Waals surface area contributed by atoms with Crippen molar-refractivity contribution in [1.82, 2.24) is 5.32 Å². The number of amides is 1. The first-order chi connectivity index (χ1) is 7.22. The van der Waals surface area contributed by atoms with Crippen LogP contribution in [0.3, 0.4) is 0 Å². The van der Waals surface area contributed by atoms with Gasteiger partial charge in [-0.05, 0) is 25.7 Å². The van der Waals surface area contributed by atoms with E-state index in [2.05, 4.69) is 5.32 Å². The largest absolute Gasteiger partial charge is 0.378 e. The molecule has 1 aliphatic heterocycles. The lowest BCUT2D eigenvalue weighted by atomic mass is 10.1. The molecular weight excluding hydrogens is 192 g/mol. The van der Waals surface area contributed by atoms with Gasteiger partial charge in [-0.15, -0.1) is 0 Å². The number of carbonyl (C=O) groups excluding carboxylic acids is 1. The van der Waals surface area contributed by atoms with Crippen LogP contribution < -0.4 is 11.1 Å². The fourth-order valence-corrected chi connectivity index (χ4v) is 1.70. The summed E-state index contributed by atoms with van der Waals surface area (Å²) in [5.74, 6) is 0.0577. The Morgan fingerprint density at radius 2 is 2.47 bits per heavy atom. The third kappa shape index (κ3) is 5.14. The first-order valence-electron chi connectivity index (χ1n) is 5.86. The third-order valence-corrected chi connectivity index (χ3v) is 2.78. The second-order valence-electron chi connectivity index (χ2n) is 4.15. The molecule has 0 spiro atoms. The van der Waals surface area contributed by atoms with Gasteiger partial charge in [0.1, 0.15) is 0 Å². The second-order valence-corrected chi connectivity index (χ2v) is 4.15. The topological polar surface area (TPSA) is 64.4 Å². The summed E-state index contributed by atoms with van der Waals surface area (Å²) in [5, 5.41) is 2.88. The molecule has 0 aromatic carbocycles. The minimum absolute atomic E-state index is 0.00673. The molecule has 1 fully saturated rings. The summed E-state index contributed by atoms with van der Waals surface area (Å²) in [6, 6.07) is -0.00673. The van der Waals surface area contributed by atoms with Gasteiger partial charge in [-0.2, -0.15) is 0 Å². The van der Waals surface area contributed by atoms with E-state index >= 15 is 0 Å². The van der Waals surface area contributed by atoms with Crippen LogP contribution in [0.1, 0.15) is 39.0 Å². The van der Waals surface area contributed by atoms with E-state index in [9.17, 15) is 4.79 Å². The molecule has 0 aromatic rings. The lowest BCUT2D eigenvalue weighted by Crippen LogP contribution is -2.32. The van der Waals surface area contributed by atoms with E-state index in [1.165, 1.54) is 0 Å². The van der Waals surface area contributed by atoms with E-state index < -0.39 is 0 Å². The first-order valence-corrected chi connectivity index (χ1v) is 5.86. The molecule has 4 heteroatoms. The number of hydrogen-bond acceptors (Lipinski definition) is 3. The van der Waals surface area contributed by atoms with Gasteiger partial charge in [0.2, 0.25) is 5.91 Å². The molecule has 2 atom stereocenters. The van der Waals surface area contributed by atoms with Crippen molar-refractivity contribution < 1.29 is 9.53 Å². The summed E-state index contributed by atoms with van der Waals surface area (Å²) >= 11 is 0. The van der Waals surface area contributed by atoms with E-state index in [-0.39, 0.29) is 11.9 Å². The molecule has 1 aliphatic rings. The van der Waals surface area contributed by atoms with Crippen molar-refractivity contribution in [1.29, 1.82) is 0 Å². The predicted octanol–water partition coefficient (Wildman–Crippen LogP) is 0.799. The maximum atomic E-state index is 11.4. The molecule has 4 nitrogen and oxygen atoms in total. The highest BCUT2D eigenvalue weighted by molar-refractivity contribution is 5.76. The van der Waals surface area contributed by atoms with Gasteiger partial charge in [-0.25, -0.2) is 0 Å². The normalized spacial score (nSPS) is 22.7. The summed E-state index contributed by atoms with van der Waals surface area (Å²) < 4.78 is 5.46. The van der Waals surface area contributed by atoms with E-state index in [4.69, 9.17) is 10.5 Å². The van der Waals surface area contributed by atoms with Crippen LogP contribution in [-0.2, 0) is 9.53 Å². The predicted molar refractivity (Wildman–Crippen MR) is 59.5 cm³/mol. The molecule has 0 aliphatic carbocycles. The van der Waals surface area contributed by atoms with E-state index in [0.29, 0.717) is 19.1 Å². The Morgan fingerprint density at radius 3 is 3.07 bits per heavy atom. The van der Waals surface area contributed by atoms with Crippen molar-refractivity contribution in [3.8, 4) is 0 Å². The smallest absolute Gasteiger partial charge is 0.221 e. The highest BCUT2D eigenvalue weighted by atomic mass is 16.5. The quantitative estimate of drug-likeness (QED) is 0.687. The number of nitrogens with two attached hydrogens (primary N) is 1. The molecule has 88 valence electrons. The van der Waals surface area contributed by atoms with Crippen LogP contribution in [0, 0.1) is 0 Å². The molecule has 0 bridgehead atoms. The summed E-state index contributed by atoms with van der Waals surface area (Å²) in [4.78, 5) is 11.4. The number of hydrogen-bond donors (Lipinski definition) is 2. The van der Waals surface area contributed by atoms with Gasteiger partial charge in [0.25, 0.3) is 0 Å². The average Bonchev–Trinajstić information content (AvgIpc) is 2.70. The lowest BCUT2D eigenvalue weighted by Gasteiger charge is -2.11. The number of rotatable bonds is 6. The Hall–Kier alpha value is -0.610. The molecule has 0 radical (unpaired) electrons. The van der Waals surface area contributed by atoms with E-state index in [1.54, 1.807) is 0 Å². The van der Waals surface area contributed by atoms with Crippen LogP contribution in [0.15, 0.2) is 0 Å². The minimum Gasteiger partial charge on any atom is -0.378 e. The molecule has 15 heavy (non-hydrogen) atoms. The zero-order valence-corrected chi connectivity index (χ0v) is 9.50. The van der Waals surface area contributed by atoms with Gasteiger partial charge in [0.15, 0.2) is 0 Å². The molecule has 2 unspecified atom stereocenters. The number of nitrogens with one attached hydrogen (secondary N) is 1. The fraction of sp³-hybridized carbons (Fsp3) is 0.909. The van der Waals surface area contributed by atoms with Crippen molar-refractivity contribution in [2.45, 2.75) is 51.2 Å². The molecule has 1 heterocycles. The van der Waals surface area contributed by atoms with Gasteiger partial charge in [0.05, 0.1) is 6.10 Å². The van der Waals surface area contributed by atoms with Crippen molar-refractivity contribution in [2.75, 3.05) is 13.2 Å². The van der Waals surface area contributed by atoms with Gasteiger partial charge in [0, 0.05) is 25.6 Å². The number of ether oxygens (including phenoxy) is 1. The summed E-state index contributed by atoms with van der Waals surface area (Å²) in [7, 11) is 0. The SMILES string of the molecule is CCC(N)CC(=O)NCCC1CCCO1. The maximum absolute atomic E-state index is 11.4. The van der Waals surface area contributed by atoms with Crippen LogP contribution in [0.25, 0.3) is 0 Å². The lowest BCUT2D eigenvalue weighted by molar-refractivity contribution is -0.121. The monoisotopic (exact) mass is 214 g/mol. The zero-order chi connectivity index (χ0) is 11.1. The highest BCUT2D eigenvalue weighted by Gasteiger charge is 2.15. The molecule has 1 rings (SSSR count). The summed E-state index contributed by atoms with van der Waals surface area (Å²) in [5.41, 5.74) is 5.68. The van der Waals surface area contributed by atoms with Crippen molar-refractivity contribution in [3.63, 3.8) is 0 Å². The Labute approximate surface area is 91.5 Å². The van der Waals surface area contributed by atoms with E-state index in [1.807, 2.05) is 6.92 Å². The van der Waals surface area contributed by atoms with Crippen LogP contribution in [0.4, 0.5) is 0 Å². The van der Waals surface area contributed by atoms with Crippen molar-refractivity contribution in [3.05, 3.63) is 0 Å². The number of carbonyl (C=O) groups is 1. The van der Waals surface area contributed by atoms with Gasteiger partial charge < -0.3 is 15.8 Å². The molecular formula is C11H22N2O2. The Kier molecular flexibility index (Phi) is 5.65. The summed E-state index contributed by atoms with van der Waals surface area (Å²) in [6.07, 6.45) is 4.84. The second kappa shape index (κ2) is 6.80. The first kappa shape index (κ1) is 12.5. The Balaban J connectivity index is 2.01. The molecule has 0 saturated carbocycles.